The molecule has 1 aromatic heterocycles. The van der Waals surface area contributed by atoms with Crippen LogP contribution >= 0.6 is 0 Å². The first kappa shape index (κ1) is 73.7. The third-order valence-electron chi connectivity index (χ3n) is 16.2. The maximum Gasteiger partial charge on any atom is 0.246 e. The molecule has 17 N–H and O–H groups in total. The van der Waals surface area contributed by atoms with Crippen molar-refractivity contribution >= 4 is 88.4 Å². The number of carbonyl (C=O) groups is 12. The average Bonchev–Trinajstić information content (AvgIpc) is 1.76. The summed E-state index contributed by atoms with van der Waals surface area (Å²) in [5, 5.41) is 40.3. The minimum Gasteiger partial charge on any atom is -0.508 e. The molecule has 0 aliphatic carbocycles. The summed E-state index contributed by atoms with van der Waals surface area (Å²) in [5.74, 6) is -10.0. The number of H-pyrrole nitrogens is 1. The van der Waals surface area contributed by atoms with Crippen LogP contribution in [0.15, 0.2) is 115 Å². The largest absolute Gasteiger partial charge is 0.508 e. The van der Waals surface area contributed by atoms with Crippen LogP contribution in [0.4, 0.5) is 0 Å². The number of phenolic OH excluding ortho intramolecular Hbond substituents is 1. The quantitative estimate of drug-likeness (QED) is 0.0193. The Morgan fingerprint density at radius 1 is 0.589 bits per heavy atom. The summed E-state index contributed by atoms with van der Waals surface area (Å²) < 4.78 is 0. The molecule has 1 saturated heterocycles. The summed E-state index contributed by atoms with van der Waals surface area (Å²) in [4.78, 5) is 170. The van der Waals surface area contributed by atoms with Gasteiger partial charge in [0.25, 0.3) is 0 Å². The molecule has 0 saturated carbocycles. The number of para-hydroxylation sites is 1. The molecule has 95 heavy (non-hydrogen) atoms. The molecule has 10 atom stereocenters. The number of aldehydes is 1. The Morgan fingerprint density at radius 3 is 1.73 bits per heavy atom. The first-order valence-electron chi connectivity index (χ1n) is 31.7. The summed E-state index contributed by atoms with van der Waals surface area (Å²) in [6, 6.07) is 17.9. The Bertz CT molecular complexity index is 3490. The van der Waals surface area contributed by atoms with E-state index in [1.807, 2.05) is 68.4 Å². The molecule has 0 spiro atoms. The van der Waals surface area contributed by atoms with Crippen molar-refractivity contribution in [1.29, 1.82) is 5.41 Å². The third-order valence-corrected chi connectivity index (χ3v) is 16.2. The number of carbonyl (C=O) groups excluding carboxylic acids is 12. The van der Waals surface area contributed by atoms with Crippen molar-refractivity contribution in [3.63, 3.8) is 0 Å². The smallest absolute Gasteiger partial charge is 0.246 e. The molecule has 27 heteroatoms. The van der Waals surface area contributed by atoms with Gasteiger partial charge >= 0.3 is 0 Å². The van der Waals surface area contributed by atoms with Gasteiger partial charge in [-0.2, -0.15) is 0 Å². The molecule has 1 fully saturated rings. The SMILES string of the molecule is CC(C)CC(NC(=O)C(CCC=N)NC(=O)[C@@H](NC(=O)[C@H](Cc1ccc(O)cc1)NC(=O)[C@H](CCC(N)=O)NC(=O)[C@@H](N)CC(N)=O)C(C)C)C(=O)N[C@H](Cc1ccccc1)C(=O)N1CCC[C@H]1C(=O)N[C@@H](Cc1c[nH]c2ccccc12)C(=O)N[C@@H](C=O)Cc1ccccc1. The number of phenols is 1. The second-order valence-corrected chi connectivity index (χ2v) is 24.5. The normalized spacial score (nSPS) is 15.7. The molecule has 1 aliphatic heterocycles. The van der Waals surface area contributed by atoms with Gasteiger partial charge in [0.05, 0.1) is 18.5 Å². The molecule has 2 unspecified atom stereocenters. The number of benzene rings is 4. The third kappa shape index (κ3) is 22.7. The summed E-state index contributed by atoms with van der Waals surface area (Å²) in [6.07, 6.45) is 2.46. The number of amides is 11. The van der Waals surface area contributed by atoms with Gasteiger partial charge in [0.1, 0.15) is 60.4 Å². The Balaban J connectivity index is 1.21. The Morgan fingerprint density at radius 2 is 1.12 bits per heavy atom. The van der Waals surface area contributed by atoms with Gasteiger partial charge < -0.3 is 84.9 Å². The molecule has 0 radical (unpaired) electrons. The predicted octanol–water partition coefficient (Wildman–Crippen LogP) is 0.812. The van der Waals surface area contributed by atoms with E-state index in [4.69, 9.17) is 22.6 Å². The van der Waals surface area contributed by atoms with E-state index in [1.165, 1.54) is 29.2 Å². The number of rotatable bonds is 37. The van der Waals surface area contributed by atoms with E-state index in [-0.39, 0.29) is 76.0 Å². The Labute approximate surface area is 550 Å². The van der Waals surface area contributed by atoms with Gasteiger partial charge in [0.2, 0.25) is 65.0 Å². The van der Waals surface area contributed by atoms with E-state index in [1.54, 1.807) is 50.4 Å². The van der Waals surface area contributed by atoms with Crippen LogP contribution in [-0.4, -0.2) is 159 Å². The van der Waals surface area contributed by atoms with Crippen molar-refractivity contribution in [2.75, 3.05) is 6.54 Å². The molecule has 4 aromatic carbocycles. The van der Waals surface area contributed by atoms with Gasteiger partial charge in [0.15, 0.2) is 0 Å². The lowest BCUT2D eigenvalue weighted by Crippen LogP contribution is -2.61. The minimum atomic E-state index is -1.52. The summed E-state index contributed by atoms with van der Waals surface area (Å²) in [6.45, 7) is 6.93. The Hall–Kier alpha value is -10.3. The van der Waals surface area contributed by atoms with E-state index in [9.17, 15) is 57.8 Å². The zero-order chi connectivity index (χ0) is 69.3. The van der Waals surface area contributed by atoms with Crippen molar-refractivity contribution < 1.29 is 62.6 Å². The number of aromatic hydroxyl groups is 1. The van der Waals surface area contributed by atoms with Crippen LogP contribution in [0.2, 0.25) is 0 Å². The van der Waals surface area contributed by atoms with E-state index < -0.39 is 144 Å². The van der Waals surface area contributed by atoms with E-state index in [0.717, 1.165) is 22.7 Å². The molecule has 0 bridgehead atoms. The average molecular weight is 1310 g/mol. The molecule has 5 aromatic rings. The lowest BCUT2D eigenvalue weighted by Gasteiger charge is -2.31. The van der Waals surface area contributed by atoms with Crippen LogP contribution in [0.5, 0.6) is 5.75 Å². The van der Waals surface area contributed by atoms with Crippen molar-refractivity contribution in [2.45, 2.75) is 165 Å². The highest BCUT2D eigenvalue weighted by Gasteiger charge is 2.41. The lowest BCUT2D eigenvalue weighted by atomic mass is 9.99. The molecular formula is C68H88N14O13. The minimum absolute atomic E-state index is 0.0215. The maximum absolute atomic E-state index is 15.1. The molecule has 27 nitrogen and oxygen atoms in total. The van der Waals surface area contributed by atoms with Crippen LogP contribution in [0, 0.1) is 17.2 Å². The molecule has 6 rings (SSSR count). The lowest BCUT2D eigenvalue weighted by molar-refractivity contribution is -0.142. The van der Waals surface area contributed by atoms with Crippen LogP contribution in [0.1, 0.15) is 101 Å². The zero-order valence-corrected chi connectivity index (χ0v) is 53.8. The van der Waals surface area contributed by atoms with Gasteiger partial charge in [-0.05, 0) is 103 Å². The number of likely N-dealkylation sites (tertiary alicyclic amines) is 1. The first-order chi connectivity index (χ1) is 45.3. The predicted molar refractivity (Wildman–Crippen MR) is 353 cm³/mol. The van der Waals surface area contributed by atoms with E-state index in [2.05, 4.69) is 47.5 Å². The highest BCUT2D eigenvalue weighted by molar-refractivity contribution is 5.99. The number of nitrogens with one attached hydrogen (secondary N) is 10. The van der Waals surface area contributed by atoms with Crippen molar-refractivity contribution in [3.8, 4) is 5.75 Å². The second-order valence-electron chi connectivity index (χ2n) is 24.5. The fourth-order valence-electron chi connectivity index (χ4n) is 11.1. The monoisotopic (exact) mass is 1310 g/mol. The molecule has 1 aliphatic rings. The number of hydrogen-bond acceptors (Lipinski definition) is 15. The second kappa shape index (κ2) is 36.2. The van der Waals surface area contributed by atoms with Gasteiger partial charge in [-0.15, -0.1) is 0 Å². The topological polar surface area (TPSA) is 442 Å². The number of aromatic nitrogens is 1. The fraction of sp³-hybridized carbons (Fsp3) is 0.426. The van der Waals surface area contributed by atoms with Crippen LogP contribution in [0.25, 0.3) is 10.9 Å². The number of hydrogen-bond donors (Lipinski definition) is 14. The van der Waals surface area contributed by atoms with Crippen LogP contribution < -0.4 is 59.7 Å². The molecule has 508 valence electrons. The number of primary amides is 2. The van der Waals surface area contributed by atoms with E-state index in [0.29, 0.717) is 29.4 Å². The maximum atomic E-state index is 15.1. The Kier molecular flexibility index (Phi) is 28.1. The van der Waals surface area contributed by atoms with Gasteiger partial charge in [0, 0.05) is 49.3 Å². The first-order valence-corrected chi connectivity index (χ1v) is 31.7. The molecular weight excluding hydrogens is 1220 g/mol. The summed E-state index contributed by atoms with van der Waals surface area (Å²) >= 11 is 0. The number of nitrogens with two attached hydrogens (primary N) is 3. The highest BCUT2D eigenvalue weighted by Crippen LogP contribution is 2.24. The van der Waals surface area contributed by atoms with Crippen molar-refractivity contribution in [2.24, 2.45) is 29.0 Å². The van der Waals surface area contributed by atoms with Gasteiger partial charge in [-0.1, -0.05) is 119 Å². The summed E-state index contributed by atoms with van der Waals surface area (Å²) in [7, 11) is 0. The van der Waals surface area contributed by atoms with E-state index >= 15 is 4.79 Å². The van der Waals surface area contributed by atoms with Crippen LogP contribution in [-0.2, 0) is 83.2 Å². The number of aromatic amines is 1. The van der Waals surface area contributed by atoms with Crippen molar-refractivity contribution in [3.05, 3.63) is 138 Å². The standard InChI is InChI=1S/C68H88N14O13/c1-39(2)31-52(77-61(88)50(21-13-29-69)76-67(94)59(40(3)4)81-65(92)53(33-43-23-25-46(84)26-24-43)78-62(89)51(27-28-57(71)85)75-60(87)48(70)36-58(72)86)64(91)80-55(34-42-17-9-6-10-18-42)68(95)82-30-14-22-56(82)66(93)79-54(35-44-37-73-49-20-12-11-19-47(44)49)63(90)74-45(38-83)32-41-15-7-5-8-16-41/h5-12,15-20,23-26,29,37-40,45,48,50-56,59,69,73,84H,13-14,21-22,27-28,30-36,70H2,1-4H3,(H2,71,85)(H2,72,86)(H,74,90)(H,75,87)(H,76,94)(H,77,88)(H,78,89)(H,79,93)(H,80,91)(H,81,92)/t45-,48+,50?,51+,52?,53+,54+,55-,56+,59+/m1/s1. The zero-order valence-electron chi connectivity index (χ0n) is 53.8. The summed E-state index contributed by atoms with van der Waals surface area (Å²) in [5.41, 5.74) is 19.8. The number of fused-ring (bicyclic) bond motifs is 1. The van der Waals surface area contributed by atoms with Crippen molar-refractivity contribution in [1.82, 2.24) is 52.4 Å². The molecule has 2 heterocycles. The van der Waals surface area contributed by atoms with Crippen LogP contribution in [0.3, 0.4) is 0 Å². The number of nitrogens with zero attached hydrogens (tertiary/aromatic N) is 1. The fourth-order valence-corrected chi connectivity index (χ4v) is 11.1. The van der Waals surface area contributed by atoms with Gasteiger partial charge in [-0.3, -0.25) is 52.7 Å². The highest BCUT2D eigenvalue weighted by atomic mass is 16.3. The molecule has 11 amide bonds. The van der Waals surface area contributed by atoms with Gasteiger partial charge in [-0.25, -0.2) is 0 Å².